The molecule has 0 fully saturated rings. The van der Waals surface area contributed by atoms with Crippen molar-refractivity contribution in [2.75, 3.05) is 11.1 Å². The van der Waals surface area contributed by atoms with Crippen molar-refractivity contribution in [2.24, 2.45) is 0 Å². The van der Waals surface area contributed by atoms with E-state index >= 15 is 0 Å². The molecule has 3 N–H and O–H groups in total. The van der Waals surface area contributed by atoms with Crippen molar-refractivity contribution in [3.8, 4) is 0 Å². The molecule has 94 valence electrons. The molecule has 2 aromatic rings. The number of nitrogens with one attached hydrogen (secondary N) is 1. The maximum absolute atomic E-state index is 10.9. The fraction of sp³-hybridized carbons (Fsp3) is 0.167. The third-order valence-electron chi connectivity index (χ3n) is 2.58. The molecular formula is C12H13N3O2S. The summed E-state index contributed by atoms with van der Waals surface area (Å²) in [4.78, 5) is 10.4. The summed E-state index contributed by atoms with van der Waals surface area (Å²) in [5.41, 5.74) is 7.76. The van der Waals surface area contributed by atoms with Crippen molar-refractivity contribution in [2.45, 2.75) is 13.3 Å². The molecule has 2 rings (SSSR count). The summed E-state index contributed by atoms with van der Waals surface area (Å²) in [6, 6.07) is 9.53. The Bertz CT molecular complexity index is 566. The van der Waals surface area contributed by atoms with Gasteiger partial charge in [0, 0.05) is 11.3 Å². The zero-order valence-electron chi connectivity index (χ0n) is 9.84. The Balaban J connectivity index is 2.39. The summed E-state index contributed by atoms with van der Waals surface area (Å²) >= 11 is 1.08. The van der Waals surface area contributed by atoms with Gasteiger partial charge < -0.3 is 11.1 Å². The summed E-state index contributed by atoms with van der Waals surface area (Å²) in [6.07, 6.45) is 0.658. The third-order valence-corrected chi connectivity index (χ3v) is 3.69. The number of hydrogen-bond donors (Lipinski definition) is 2. The van der Waals surface area contributed by atoms with Crippen LogP contribution in [0.3, 0.4) is 0 Å². The number of thiophene rings is 1. The average molecular weight is 263 g/mol. The number of nitrogens with zero attached hydrogens (tertiary/aromatic N) is 1. The molecule has 0 aliphatic rings. The summed E-state index contributed by atoms with van der Waals surface area (Å²) < 4.78 is 0. The maximum atomic E-state index is 10.9. The van der Waals surface area contributed by atoms with Crippen LogP contribution >= 0.6 is 11.3 Å². The fourth-order valence-corrected chi connectivity index (χ4v) is 2.75. The highest BCUT2D eigenvalue weighted by molar-refractivity contribution is 7.20. The second-order valence-electron chi connectivity index (χ2n) is 3.73. The van der Waals surface area contributed by atoms with Crippen molar-refractivity contribution < 1.29 is 4.92 Å². The highest BCUT2D eigenvalue weighted by atomic mass is 32.1. The number of rotatable bonds is 4. The van der Waals surface area contributed by atoms with Gasteiger partial charge in [-0.05, 0) is 29.9 Å². The van der Waals surface area contributed by atoms with Crippen LogP contribution in [0.1, 0.15) is 12.5 Å². The number of benzene rings is 1. The monoisotopic (exact) mass is 263 g/mol. The van der Waals surface area contributed by atoms with Gasteiger partial charge in [-0.1, -0.05) is 25.1 Å². The zero-order chi connectivity index (χ0) is 13.1. The molecule has 0 amide bonds. The topological polar surface area (TPSA) is 81.2 Å². The van der Waals surface area contributed by atoms with Gasteiger partial charge in [-0.3, -0.25) is 10.1 Å². The van der Waals surface area contributed by atoms with Crippen molar-refractivity contribution in [3.63, 3.8) is 0 Å². The van der Waals surface area contributed by atoms with Crippen LogP contribution in [0.15, 0.2) is 30.3 Å². The average Bonchev–Trinajstić information content (AvgIpc) is 2.67. The normalized spacial score (nSPS) is 10.3. The van der Waals surface area contributed by atoms with E-state index in [0.717, 1.165) is 27.6 Å². The molecule has 0 unspecified atom stereocenters. The van der Waals surface area contributed by atoms with Gasteiger partial charge in [0.25, 0.3) is 0 Å². The number of anilines is 3. The Kier molecular flexibility index (Phi) is 3.47. The van der Waals surface area contributed by atoms with Crippen LogP contribution in [0.4, 0.5) is 21.4 Å². The lowest BCUT2D eigenvalue weighted by atomic mass is 10.2. The van der Waals surface area contributed by atoms with Crippen LogP contribution in [0.25, 0.3) is 0 Å². The number of nitro groups is 1. The Morgan fingerprint density at radius 1 is 1.39 bits per heavy atom. The molecule has 1 aromatic heterocycles. The van der Waals surface area contributed by atoms with Gasteiger partial charge >= 0.3 is 5.00 Å². The zero-order valence-corrected chi connectivity index (χ0v) is 10.7. The molecule has 0 spiro atoms. The summed E-state index contributed by atoms with van der Waals surface area (Å²) in [5, 5.41) is 14.8. The Morgan fingerprint density at radius 3 is 2.61 bits per heavy atom. The smallest absolute Gasteiger partial charge is 0.349 e. The summed E-state index contributed by atoms with van der Waals surface area (Å²) in [6.45, 7) is 1.93. The van der Waals surface area contributed by atoms with E-state index in [9.17, 15) is 10.1 Å². The first-order valence-corrected chi connectivity index (χ1v) is 6.32. The first kappa shape index (κ1) is 12.4. The highest BCUT2D eigenvalue weighted by Gasteiger charge is 2.22. The van der Waals surface area contributed by atoms with Crippen molar-refractivity contribution >= 4 is 32.7 Å². The Hall–Kier alpha value is -2.08. The minimum absolute atomic E-state index is 0.00489. The van der Waals surface area contributed by atoms with Crippen molar-refractivity contribution in [1.29, 1.82) is 0 Å². The molecule has 0 bridgehead atoms. The van der Waals surface area contributed by atoms with Crippen LogP contribution in [0.5, 0.6) is 0 Å². The lowest BCUT2D eigenvalue weighted by Gasteiger charge is -2.05. The van der Waals surface area contributed by atoms with E-state index < -0.39 is 4.92 Å². The van der Waals surface area contributed by atoms with E-state index in [2.05, 4.69) is 5.32 Å². The van der Waals surface area contributed by atoms with Crippen LogP contribution in [-0.2, 0) is 6.42 Å². The Labute approximate surface area is 108 Å². The molecule has 0 saturated carbocycles. The molecular weight excluding hydrogens is 250 g/mol. The van der Waals surface area contributed by atoms with Gasteiger partial charge in [0.1, 0.15) is 10.7 Å². The SMILES string of the molecule is CCc1c(Nc2ccccc2)sc([N+](=O)[O-])c1N. The Morgan fingerprint density at radius 2 is 2.06 bits per heavy atom. The van der Waals surface area contributed by atoms with Crippen LogP contribution in [0, 0.1) is 10.1 Å². The molecule has 0 radical (unpaired) electrons. The number of nitrogens with two attached hydrogens (primary N) is 1. The van der Waals surface area contributed by atoms with E-state index in [1.165, 1.54) is 0 Å². The molecule has 1 aromatic carbocycles. The van der Waals surface area contributed by atoms with Crippen LogP contribution in [-0.4, -0.2) is 4.92 Å². The standard InChI is InChI=1S/C12H13N3O2S/c1-2-9-10(13)12(15(16)17)18-11(9)14-8-6-4-3-5-7-8/h3-7,14H,2,13H2,1H3. The van der Waals surface area contributed by atoms with Gasteiger partial charge in [0.2, 0.25) is 0 Å². The van der Waals surface area contributed by atoms with Crippen molar-refractivity contribution in [1.82, 2.24) is 0 Å². The maximum Gasteiger partial charge on any atom is 0.349 e. The lowest BCUT2D eigenvalue weighted by molar-refractivity contribution is -0.379. The van der Waals surface area contributed by atoms with Gasteiger partial charge in [0.05, 0.1) is 4.92 Å². The molecule has 0 saturated heterocycles. The van der Waals surface area contributed by atoms with Gasteiger partial charge in [0.15, 0.2) is 0 Å². The predicted octanol–water partition coefficient (Wildman–Crippen LogP) is 3.54. The molecule has 18 heavy (non-hydrogen) atoms. The molecule has 0 atom stereocenters. The van der Waals surface area contributed by atoms with E-state index in [-0.39, 0.29) is 10.7 Å². The fourth-order valence-electron chi connectivity index (χ4n) is 1.70. The number of hydrogen-bond acceptors (Lipinski definition) is 5. The summed E-state index contributed by atoms with van der Waals surface area (Å²) in [5.74, 6) is 0. The largest absolute Gasteiger partial charge is 0.392 e. The number of nitrogen functional groups attached to an aromatic ring is 1. The van der Waals surface area contributed by atoms with E-state index in [0.29, 0.717) is 6.42 Å². The predicted molar refractivity (Wildman–Crippen MR) is 74.5 cm³/mol. The first-order valence-electron chi connectivity index (χ1n) is 5.51. The molecule has 0 aliphatic heterocycles. The van der Waals surface area contributed by atoms with E-state index in [1.54, 1.807) is 0 Å². The quantitative estimate of drug-likeness (QED) is 0.653. The first-order chi connectivity index (χ1) is 8.63. The second-order valence-corrected chi connectivity index (χ2v) is 4.73. The summed E-state index contributed by atoms with van der Waals surface area (Å²) in [7, 11) is 0. The highest BCUT2D eigenvalue weighted by Crippen LogP contribution is 2.42. The van der Waals surface area contributed by atoms with Crippen LogP contribution < -0.4 is 11.1 Å². The minimum atomic E-state index is -0.435. The second kappa shape index (κ2) is 5.05. The molecule has 0 aliphatic carbocycles. The van der Waals surface area contributed by atoms with E-state index in [4.69, 9.17) is 5.73 Å². The van der Waals surface area contributed by atoms with Crippen LogP contribution in [0.2, 0.25) is 0 Å². The van der Waals surface area contributed by atoms with E-state index in [1.807, 2.05) is 37.3 Å². The molecule has 5 nitrogen and oxygen atoms in total. The van der Waals surface area contributed by atoms with Gasteiger partial charge in [-0.2, -0.15) is 0 Å². The van der Waals surface area contributed by atoms with Gasteiger partial charge in [-0.15, -0.1) is 0 Å². The molecule has 6 heteroatoms. The number of para-hydroxylation sites is 1. The van der Waals surface area contributed by atoms with Gasteiger partial charge in [-0.25, -0.2) is 0 Å². The lowest BCUT2D eigenvalue weighted by Crippen LogP contribution is -1.95. The third kappa shape index (κ3) is 2.28. The van der Waals surface area contributed by atoms with Crippen molar-refractivity contribution in [3.05, 3.63) is 46.0 Å². The minimum Gasteiger partial charge on any atom is -0.392 e. The molecule has 1 heterocycles.